The van der Waals surface area contributed by atoms with Crippen LogP contribution in [0.25, 0.3) is 11.3 Å². The Morgan fingerprint density at radius 3 is 2.75 bits per heavy atom. The van der Waals surface area contributed by atoms with E-state index in [1.165, 1.54) is 24.1 Å². The second kappa shape index (κ2) is 7.47. The molecular weight excluding hydrogens is 302 g/mol. The third kappa shape index (κ3) is 3.75. The molecule has 2 N–H and O–H groups in total. The minimum absolute atomic E-state index is 0.125. The van der Waals surface area contributed by atoms with Crippen molar-refractivity contribution in [2.24, 2.45) is 0 Å². The average Bonchev–Trinajstić information content (AvgIpc) is 2.94. The van der Waals surface area contributed by atoms with Crippen LogP contribution >= 0.6 is 0 Å². The van der Waals surface area contributed by atoms with Crippen molar-refractivity contribution in [3.8, 4) is 11.3 Å². The van der Waals surface area contributed by atoms with Gasteiger partial charge in [-0.3, -0.25) is 9.67 Å². The van der Waals surface area contributed by atoms with Gasteiger partial charge in [0.1, 0.15) is 0 Å². The lowest BCUT2D eigenvalue weighted by molar-refractivity contribution is 0.238. The van der Waals surface area contributed by atoms with E-state index in [2.05, 4.69) is 20.3 Å². The van der Waals surface area contributed by atoms with E-state index in [0.29, 0.717) is 13.1 Å². The zero-order valence-corrected chi connectivity index (χ0v) is 14.4. The van der Waals surface area contributed by atoms with Gasteiger partial charge >= 0.3 is 6.03 Å². The molecule has 6 nitrogen and oxygen atoms in total. The summed E-state index contributed by atoms with van der Waals surface area (Å²) >= 11 is 0. The molecule has 3 rings (SSSR count). The zero-order valence-electron chi connectivity index (χ0n) is 14.4. The first kappa shape index (κ1) is 16.5. The summed E-state index contributed by atoms with van der Waals surface area (Å²) in [5.74, 6) is 0. The number of amides is 2. The van der Waals surface area contributed by atoms with Crippen LogP contribution in [0.1, 0.15) is 37.9 Å². The predicted octanol–water partition coefficient (Wildman–Crippen LogP) is 2.53. The van der Waals surface area contributed by atoms with Crippen molar-refractivity contribution < 1.29 is 4.79 Å². The molecule has 2 aromatic heterocycles. The Labute approximate surface area is 142 Å². The number of nitrogens with zero attached hydrogens (tertiary/aromatic N) is 3. The number of rotatable bonds is 5. The van der Waals surface area contributed by atoms with E-state index < -0.39 is 0 Å². The Morgan fingerprint density at radius 2 is 2.00 bits per heavy atom. The van der Waals surface area contributed by atoms with Crippen molar-refractivity contribution in [2.45, 2.75) is 52.1 Å². The van der Waals surface area contributed by atoms with Gasteiger partial charge in [0.05, 0.1) is 12.2 Å². The molecule has 0 radical (unpaired) electrons. The fourth-order valence-corrected chi connectivity index (χ4v) is 3.19. The van der Waals surface area contributed by atoms with Gasteiger partial charge in [-0.2, -0.15) is 5.10 Å². The summed E-state index contributed by atoms with van der Waals surface area (Å²) in [5, 5.41) is 10.6. The van der Waals surface area contributed by atoms with Gasteiger partial charge in [-0.05, 0) is 51.7 Å². The van der Waals surface area contributed by atoms with Gasteiger partial charge < -0.3 is 10.6 Å². The minimum atomic E-state index is -0.125. The second-order valence-electron chi connectivity index (χ2n) is 6.49. The van der Waals surface area contributed by atoms with Crippen LogP contribution < -0.4 is 10.6 Å². The van der Waals surface area contributed by atoms with Gasteiger partial charge in [0.15, 0.2) is 0 Å². The molecule has 128 valence electrons. The van der Waals surface area contributed by atoms with Crippen LogP contribution in [0.3, 0.4) is 0 Å². The lowest BCUT2D eigenvalue weighted by Crippen LogP contribution is -2.40. The molecule has 0 unspecified atom stereocenters. The topological polar surface area (TPSA) is 71.8 Å². The third-order valence-corrected chi connectivity index (χ3v) is 4.24. The number of pyridine rings is 1. The van der Waals surface area contributed by atoms with E-state index in [1.807, 2.05) is 26.0 Å². The van der Waals surface area contributed by atoms with Crippen molar-refractivity contribution >= 4 is 6.03 Å². The molecule has 2 heterocycles. The molecule has 24 heavy (non-hydrogen) atoms. The summed E-state index contributed by atoms with van der Waals surface area (Å²) in [6, 6.07) is 4.03. The van der Waals surface area contributed by atoms with Crippen molar-refractivity contribution in [1.82, 2.24) is 25.4 Å². The molecule has 0 fully saturated rings. The lowest BCUT2D eigenvalue weighted by atomic mass is 9.94. The normalized spacial score (nSPS) is 13.6. The Morgan fingerprint density at radius 1 is 1.25 bits per heavy atom. The molecule has 0 atom stereocenters. The monoisotopic (exact) mass is 327 g/mol. The van der Waals surface area contributed by atoms with E-state index in [-0.39, 0.29) is 12.1 Å². The van der Waals surface area contributed by atoms with Crippen molar-refractivity contribution in [3.05, 3.63) is 35.8 Å². The minimum Gasteiger partial charge on any atom is -0.336 e. The van der Waals surface area contributed by atoms with Crippen molar-refractivity contribution in [3.63, 3.8) is 0 Å². The standard InChI is InChI=1S/C18H25N5O/c1-13(2)21-18(24)20-11-12-23-16-6-4-3-5-15(16)17(22-23)14-7-9-19-10-8-14/h7-10,13H,3-6,11-12H2,1-2H3,(H2,20,21,24). The maximum Gasteiger partial charge on any atom is 0.315 e. The maximum atomic E-state index is 11.7. The highest BCUT2D eigenvalue weighted by molar-refractivity contribution is 5.74. The third-order valence-electron chi connectivity index (χ3n) is 4.24. The van der Waals surface area contributed by atoms with Gasteiger partial charge in [0, 0.05) is 41.8 Å². The van der Waals surface area contributed by atoms with Crippen LogP contribution in [0, 0.1) is 0 Å². The Kier molecular flexibility index (Phi) is 5.13. The van der Waals surface area contributed by atoms with Crippen molar-refractivity contribution in [2.75, 3.05) is 6.54 Å². The highest BCUT2D eigenvalue weighted by Crippen LogP contribution is 2.30. The van der Waals surface area contributed by atoms with Crippen molar-refractivity contribution in [1.29, 1.82) is 0 Å². The average molecular weight is 327 g/mol. The molecule has 0 aliphatic heterocycles. The number of hydrogen-bond acceptors (Lipinski definition) is 3. The highest BCUT2D eigenvalue weighted by Gasteiger charge is 2.21. The van der Waals surface area contributed by atoms with Gasteiger partial charge in [0.2, 0.25) is 0 Å². The number of carbonyl (C=O) groups is 1. The van der Waals surface area contributed by atoms with E-state index in [4.69, 9.17) is 5.10 Å². The van der Waals surface area contributed by atoms with Crippen LogP contribution in [0.4, 0.5) is 4.79 Å². The van der Waals surface area contributed by atoms with E-state index in [9.17, 15) is 4.79 Å². The maximum absolute atomic E-state index is 11.7. The molecule has 2 amide bonds. The Bertz CT molecular complexity index is 693. The number of hydrogen-bond donors (Lipinski definition) is 2. The summed E-state index contributed by atoms with van der Waals surface area (Å²) in [4.78, 5) is 15.8. The van der Waals surface area contributed by atoms with Crippen LogP contribution in [-0.4, -0.2) is 33.4 Å². The number of aromatic nitrogens is 3. The van der Waals surface area contributed by atoms with Crippen LogP contribution in [-0.2, 0) is 19.4 Å². The first-order valence-electron chi connectivity index (χ1n) is 8.68. The summed E-state index contributed by atoms with van der Waals surface area (Å²) < 4.78 is 2.07. The lowest BCUT2D eigenvalue weighted by Gasteiger charge is -2.15. The molecule has 0 spiro atoms. The summed E-state index contributed by atoms with van der Waals surface area (Å²) in [5.41, 5.74) is 4.87. The number of nitrogens with one attached hydrogen (secondary N) is 2. The fraction of sp³-hybridized carbons (Fsp3) is 0.500. The van der Waals surface area contributed by atoms with E-state index >= 15 is 0 Å². The molecule has 0 saturated carbocycles. The van der Waals surface area contributed by atoms with Gasteiger partial charge in [-0.25, -0.2) is 4.79 Å². The summed E-state index contributed by atoms with van der Waals surface area (Å²) in [7, 11) is 0. The number of urea groups is 1. The highest BCUT2D eigenvalue weighted by atomic mass is 16.2. The summed E-state index contributed by atoms with van der Waals surface area (Å²) in [6.45, 7) is 5.16. The zero-order chi connectivity index (χ0) is 16.9. The fourth-order valence-electron chi connectivity index (χ4n) is 3.19. The molecule has 1 aliphatic rings. The molecule has 1 aliphatic carbocycles. The number of carbonyl (C=O) groups excluding carboxylic acids is 1. The number of fused-ring (bicyclic) bond motifs is 1. The molecule has 2 aromatic rings. The molecule has 6 heteroatoms. The first-order valence-corrected chi connectivity index (χ1v) is 8.68. The molecule has 0 bridgehead atoms. The summed E-state index contributed by atoms with van der Waals surface area (Å²) in [6.07, 6.45) is 8.17. The Hall–Kier alpha value is -2.37. The van der Waals surface area contributed by atoms with Crippen LogP contribution in [0.15, 0.2) is 24.5 Å². The molecular formula is C18H25N5O. The van der Waals surface area contributed by atoms with Crippen LogP contribution in [0.5, 0.6) is 0 Å². The second-order valence-corrected chi connectivity index (χ2v) is 6.49. The van der Waals surface area contributed by atoms with E-state index in [1.54, 1.807) is 12.4 Å². The van der Waals surface area contributed by atoms with Gasteiger partial charge in [-0.15, -0.1) is 0 Å². The smallest absolute Gasteiger partial charge is 0.315 e. The molecule has 0 saturated heterocycles. The quantitative estimate of drug-likeness (QED) is 0.886. The first-order chi connectivity index (χ1) is 11.6. The van der Waals surface area contributed by atoms with Gasteiger partial charge in [0.25, 0.3) is 0 Å². The largest absolute Gasteiger partial charge is 0.336 e. The molecule has 0 aromatic carbocycles. The predicted molar refractivity (Wildman–Crippen MR) is 93.8 cm³/mol. The Balaban J connectivity index is 1.74. The van der Waals surface area contributed by atoms with Crippen LogP contribution in [0.2, 0.25) is 0 Å². The van der Waals surface area contributed by atoms with Gasteiger partial charge in [-0.1, -0.05) is 0 Å². The SMILES string of the molecule is CC(C)NC(=O)NCCn1nc(-c2ccncc2)c2c1CCCC2. The van der Waals surface area contributed by atoms with E-state index in [0.717, 1.165) is 24.1 Å².